The van der Waals surface area contributed by atoms with Crippen LogP contribution in [0.15, 0.2) is 58.8 Å². The molecule has 0 heterocycles. The van der Waals surface area contributed by atoms with Crippen molar-refractivity contribution in [3.05, 3.63) is 48.5 Å². The number of carbonyl (C=O) groups excluding carboxylic acids is 1. The van der Waals surface area contributed by atoms with Gasteiger partial charge < -0.3 is 9.84 Å². The van der Waals surface area contributed by atoms with E-state index in [1.807, 2.05) is 18.2 Å². The van der Waals surface area contributed by atoms with Crippen molar-refractivity contribution >= 4 is 17.3 Å². The fourth-order valence-electron chi connectivity index (χ4n) is 1.42. The Morgan fingerprint density at radius 3 is 2.47 bits per heavy atom. The summed E-state index contributed by atoms with van der Waals surface area (Å²) in [4.78, 5) is 10.8. The van der Waals surface area contributed by atoms with Gasteiger partial charge in [-0.05, 0) is 24.3 Å². The van der Waals surface area contributed by atoms with E-state index >= 15 is 0 Å². The molecule has 0 aromatic heterocycles. The lowest BCUT2D eigenvalue weighted by Crippen LogP contribution is -2.00. The molecule has 5 nitrogen and oxygen atoms in total. The predicted molar refractivity (Wildman–Crippen MR) is 70.0 cm³/mol. The van der Waals surface area contributed by atoms with Crippen LogP contribution in [-0.4, -0.2) is 11.1 Å². The molecule has 0 spiro atoms. The van der Waals surface area contributed by atoms with Gasteiger partial charge in [-0.1, -0.05) is 18.2 Å². The molecule has 96 valence electrons. The zero-order chi connectivity index (χ0) is 13.7. The average Bonchev–Trinajstić information content (AvgIpc) is 2.38. The highest BCUT2D eigenvalue weighted by Gasteiger charge is 2.04. The van der Waals surface area contributed by atoms with Crippen LogP contribution in [0.25, 0.3) is 0 Å². The molecule has 0 aliphatic rings. The van der Waals surface area contributed by atoms with Crippen molar-refractivity contribution in [2.75, 3.05) is 0 Å². The van der Waals surface area contributed by atoms with Crippen LogP contribution >= 0.6 is 0 Å². The number of nitrogens with zero attached hydrogens (tertiary/aromatic N) is 2. The molecule has 2 aromatic carbocycles. The van der Waals surface area contributed by atoms with Crippen LogP contribution in [0.4, 0.5) is 11.4 Å². The van der Waals surface area contributed by atoms with Crippen molar-refractivity contribution in [3.63, 3.8) is 0 Å². The topological polar surface area (TPSA) is 71.2 Å². The van der Waals surface area contributed by atoms with Crippen LogP contribution in [0.2, 0.25) is 0 Å². The SMILES string of the molecule is CC(=O)Oc1ccc(N=Nc2ccccc2)c(O)c1. The highest BCUT2D eigenvalue weighted by molar-refractivity contribution is 5.70. The minimum Gasteiger partial charge on any atom is -0.505 e. The first-order chi connectivity index (χ1) is 9.15. The molecule has 0 fully saturated rings. The largest absolute Gasteiger partial charge is 0.505 e. The van der Waals surface area contributed by atoms with Crippen molar-refractivity contribution in [1.82, 2.24) is 0 Å². The van der Waals surface area contributed by atoms with Crippen molar-refractivity contribution in [2.24, 2.45) is 10.2 Å². The molecule has 2 rings (SSSR count). The maximum atomic E-state index is 10.8. The summed E-state index contributed by atoms with van der Waals surface area (Å²) in [6.07, 6.45) is 0. The third-order valence-electron chi connectivity index (χ3n) is 2.24. The second kappa shape index (κ2) is 5.77. The van der Waals surface area contributed by atoms with Gasteiger partial charge in [0.2, 0.25) is 0 Å². The van der Waals surface area contributed by atoms with E-state index in [1.165, 1.54) is 19.1 Å². The number of aromatic hydroxyl groups is 1. The summed E-state index contributed by atoms with van der Waals surface area (Å²) < 4.78 is 4.84. The molecule has 0 atom stereocenters. The minimum absolute atomic E-state index is 0.0987. The van der Waals surface area contributed by atoms with Crippen molar-refractivity contribution in [3.8, 4) is 11.5 Å². The lowest BCUT2D eigenvalue weighted by Gasteiger charge is -2.02. The summed E-state index contributed by atoms with van der Waals surface area (Å²) in [5.74, 6) is -0.278. The highest BCUT2D eigenvalue weighted by atomic mass is 16.5. The molecule has 2 aromatic rings. The van der Waals surface area contributed by atoms with Crippen molar-refractivity contribution in [2.45, 2.75) is 6.92 Å². The van der Waals surface area contributed by atoms with Gasteiger partial charge >= 0.3 is 5.97 Å². The third kappa shape index (κ3) is 3.64. The van der Waals surface area contributed by atoms with E-state index in [4.69, 9.17) is 4.74 Å². The summed E-state index contributed by atoms with van der Waals surface area (Å²) in [6.45, 7) is 1.29. The van der Waals surface area contributed by atoms with Crippen LogP contribution < -0.4 is 4.74 Å². The summed E-state index contributed by atoms with van der Waals surface area (Å²) in [6, 6.07) is 13.6. The lowest BCUT2D eigenvalue weighted by molar-refractivity contribution is -0.131. The molecule has 5 heteroatoms. The lowest BCUT2D eigenvalue weighted by atomic mass is 10.3. The molecule has 19 heavy (non-hydrogen) atoms. The number of hydrogen-bond acceptors (Lipinski definition) is 5. The Morgan fingerprint density at radius 1 is 1.11 bits per heavy atom. The van der Waals surface area contributed by atoms with E-state index in [9.17, 15) is 9.90 Å². The first-order valence-electron chi connectivity index (χ1n) is 5.63. The number of benzene rings is 2. The Bertz CT molecular complexity index is 609. The zero-order valence-corrected chi connectivity index (χ0v) is 10.3. The molecule has 1 N–H and O–H groups in total. The third-order valence-corrected chi connectivity index (χ3v) is 2.24. The van der Waals surface area contributed by atoms with E-state index in [-0.39, 0.29) is 11.5 Å². The molecule has 0 aliphatic carbocycles. The van der Waals surface area contributed by atoms with Crippen LogP contribution in [0, 0.1) is 0 Å². The Hall–Kier alpha value is -2.69. The van der Waals surface area contributed by atoms with Crippen molar-refractivity contribution < 1.29 is 14.6 Å². The summed E-state index contributed by atoms with van der Waals surface area (Å²) in [7, 11) is 0. The average molecular weight is 256 g/mol. The van der Waals surface area contributed by atoms with Gasteiger partial charge in [-0.3, -0.25) is 4.79 Å². The normalized spacial score (nSPS) is 10.6. The zero-order valence-electron chi connectivity index (χ0n) is 10.3. The molecular formula is C14H12N2O3. The maximum absolute atomic E-state index is 10.8. The molecule has 0 amide bonds. The standard InChI is InChI=1S/C14H12N2O3/c1-10(17)19-12-7-8-13(14(18)9-12)16-15-11-5-3-2-4-6-11/h2-9,18H,1H3. The highest BCUT2D eigenvalue weighted by Crippen LogP contribution is 2.31. The maximum Gasteiger partial charge on any atom is 0.308 e. The Kier molecular flexibility index (Phi) is 3.87. The van der Waals surface area contributed by atoms with Gasteiger partial charge in [0.05, 0.1) is 5.69 Å². The van der Waals surface area contributed by atoms with E-state index < -0.39 is 5.97 Å². The van der Waals surface area contributed by atoms with Crippen LogP contribution in [0.5, 0.6) is 11.5 Å². The Labute approximate surface area is 110 Å². The fourth-order valence-corrected chi connectivity index (χ4v) is 1.42. The number of azo groups is 1. The molecule has 0 saturated heterocycles. The molecule has 0 aliphatic heterocycles. The molecule has 0 unspecified atom stereocenters. The number of carbonyl (C=O) groups is 1. The number of ether oxygens (including phenoxy) is 1. The Balaban J connectivity index is 2.18. The number of phenolic OH excluding ortho intramolecular Hbond substituents is 1. The van der Waals surface area contributed by atoms with Crippen LogP contribution in [0.1, 0.15) is 6.92 Å². The van der Waals surface area contributed by atoms with E-state index in [1.54, 1.807) is 18.2 Å². The van der Waals surface area contributed by atoms with Crippen molar-refractivity contribution in [1.29, 1.82) is 0 Å². The van der Waals surface area contributed by atoms with Gasteiger partial charge in [0.25, 0.3) is 0 Å². The first kappa shape index (κ1) is 12.8. The molecule has 0 radical (unpaired) electrons. The summed E-state index contributed by atoms with van der Waals surface area (Å²) in [5.41, 5.74) is 0.991. The number of phenols is 1. The monoisotopic (exact) mass is 256 g/mol. The van der Waals surface area contributed by atoms with E-state index in [0.717, 1.165) is 0 Å². The number of rotatable bonds is 3. The van der Waals surface area contributed by atoms with Gasteiger partial charge in [-0.25, -0.2) is 0 Å². The summed E-state index contributed by atoms with van der Waals surface area (Å²) >= 11 is 0. The Morgan fingerprint density at radius 2 is 1.84 bits per heavy atom. The van der Waals surface area contributed by atoms with Gasteiger partial charge in [-0.15, -0.1) is 5.11 Å². The number of hydrogen-bond donors (Lipinski definition) is 1. The summed E-state index contributed by atoms with van der Waals surface area (Å²) in [5, 5.41) is 17.7. The van der Waals surface area contributed by atoms with Gasteiger partial charge in [0, 0.05) is 13.0 Å². The second-order valence-electron chi connectivity index (χ2n) is 3.78. The molecule has 0 saturated carbocycles. The van der Waals surface area contributed by atoms with Gasteiger partial charge in [0.1, 0.15) is 17.2 Å². The minimum atomic E-state index is -0.446. The van der Waals surface area contributed by atoms with E-state index in [0.29, 0.717) is 11.4 Å². The van der Waals surface area contributed by atoms with Gasteiger partial charge in [-0.2, -0.15) is 5.11 Å². The number of esters is 1. The van der Waals surface area contributed by atoms with Crippen LogP contribution in [0.3, 0.4) is 0 Å². The van der Waals surface area contributed by atoms with Crippen LogP contribution in [-0.2, 0) is 4.79 Å². The quantitative estimate of drug-likeness (QED) is 0.516. The molecular weight excluding hydrogens is 244 g/mol. The van der Waals surface area contributed by atoms with Gasteiger partial charge in [0.15, 0.2) is 0 Å². The first-order valence-corrected chi connectivity index (χ1v) is 5.63. The smallest absolute Gasteiger partial charge is 0.308 e. The predicted octanol–water partition coefficient (Wildman–Crippen LogP) is 3.73. The second-order valence-corrected chi connectivity index (χ2v) is 3.78. The van der Waals surface area contributed by atoms with E-state index in [2.05, 4.69) is 10.2 Å². The molecule has 0 bridgehead atoms. The fraction of sp³-hybridized carbons (Fsp3) is 0.0714.